The fourth-order valence-corrected chi connectivity index (χ4v) is 1.28. The highest BCUT2D eigenvalue weighted by Crippen LogP contribution is 2.06. The molecule has 0 atom stereocenters. The molecule has 17 heavy (non-hydrogen) atoms. The molecule has 0 bridgehead atoms. The van der Waals surface area contributed by atoms with Gasteiger partial charge in [-0.2, -0.15) is 0 Å². The summed E-state index contributed by atoms with van der Waals surface area (Å²) in [5.41, 5.74) is 0. The van der Waals surface area contributed by atoms with Crippen molar-refractivity contribution >= 4 is 17.6 Å². The number of rotatable bonds is 10. The second-order valence-corrected chi connectivity index (χ2v) is 3.70. The minimum absolute atomic E-state index is 0.432. The van der Waals surface area contributed by atoms with Crippen LogP contribution in [0, 0.1) is 0 Å². The Labute approximate surface area is 106 Å². The van der Waals surface area contributed by atoms with Crippen molar-refractivity contribution in [2.24, 2.45) is 0 Å². The zero-order chi connectivity index (χ0) is 12.3. The zero-order valence-electron chi connectivity index (χ0n) is 9.95. The molecule has 0 saturated heterocycles. The van der Waals surface area contributed by atoms with Gasteiger partial charge in [-0.1, -0.05) is 5.10 Å². The second-order valence-electron chi connectivity index (χ2n) is 3.33. The molecule has 0 amide bonds. The lowest BCUT2D eigenvalue weighted by molar-refractivity contribution is 0.0705. The highest BCUT2D eigenvalue weighted by atomic mass is 35.5. The van der Waals surface area contributed by atoms with Crippen LogP contribution in [0.4, 0.5) is 6.01 Å². The minimum atomic E-state index is 0.432. The molecule has 0 spiro atoms. The number of ether oxygens (including phenoxy) is 2. The monoisotopic (exact) mass is 263 g/mol. The van der Waals surface area contributed by atoms with Crippen molar-refractivity contribution in [3.8, 4) is 0 Å². The fraction of sp³-hybridized carbons (Fsp3) is 0.800. The molecule has 0 radical (unpaired) electrons. The Kier molecular flexibility index (Phi) is 7.70. The van der Waals surface area contributed by atoms with Crippen molar-refractivity contribution in [2.45, 2.75) is 12.8 Å². The molecular weight excluding hydrogens is 246 g/mol. The van der Waals surface area contributed by atoms with E-state index in [0.717, 1.165) is 13.0 Å². The molecule has 0 unspecified atom stereocenters. The molecule has 1 aromatic heterocycles. The Morgan fingerprint density at radius 2 is 2.18 bits per heavy atom. The highest BCUT2D eigenvalue weighted by molar-refractivity contribution is 6.17. The van der Waals surface area contributed by atoms with Crippen LogP contribution in [0.25, 0.3) is 0 Å². The van der Waals surface area contributed by atoms with Crippen LogP contribution in [0.5, 0.6) is 0 Å². The van der Waals surface area contributed by atoms with Gasteiger partial charge >= 0.3 is 6.01 Å². The first kappa shape index (κ1) is 14.2. The van der Waals surface area contributed by atoms with Crippen LogP contribution in [-0.4, -0.2) is 49.6 Å². The van der Waals surface area contributed by atoms with Crippen LogP contribution in [0.2, 0.25) is 0 Å². The Bertz CT molecular complexity index is 296. The third-order valence-electron chi connectivity index (χ3n) is 1.95. The van der Waals surface area contributed by atoms with Crippen molar-refractivity contribution in [3.05, 3.63) is 5.89 Å². The normalized spacial score (nSPS) is 10.7. The quantitative estimate of drug-likeness (QED) is 0.507. The van der Waals surface area contributed by atoms with Gasteiger partial charge in [0, 0.05) is 32.6 Å². The molecule has 0 saturated carbocycles. The molecule has 0 fully saturated rings. The van der Waals surface area contributed by atoms with E-state index in [1.165, 1.54) is 0 Å². The van der Waals surface area contributed by atoms with E-state index >= 15 is 0 Å². The van der Waals surface area contributed by atoms with Crippen molar-refractivity contribution in [1.82, 2.24) is 10.2 Å². The van der Waals surface area contributed by atoms with Gasteiger partial charge in [0.25, 0.3) is 0 Å². The summed E-state index contributed by atoms with van der Waals surface area (Å²) in [7, 11) is 1.65. The van der Waals surface area contributed by atoms with Crippen LogP contribution < -0.4 is 5.32 Å². The number of aromatic nitrogens is 2. The van der Waals surface area contributed by atoms with Crippen molar-refractivity contribution in [3.63, 3.8) is 0 Å². The summed E-state index contributed by atoms with van der Waals surface area (Å²) in [6.45, 7) is 2.66. The van der Waals surface area contributed by atoms with Gasteiger partial charge in [0.05, 0.1) is 13.2 Å². The molecule has 0 aliphatic rings. The molecule has 0 aliphatic heterocycles. The third-order valence-corrected chi connectivity index (χ3v) is 2.14. The van der Waals surface area contributed by atoms with E-state index in [9.17, 15) is 0 Å². The predicted molar refractivity (Wildman–Crippen MR) is 64.5 cm³/mol. The summed E-state index contributed by atoms with van der Waals surface area (Å²) in [5, 5.41) is 10.7. The SMILES string of the molecule is COCCOCCCNc1nnc(CCCl)o1. The molecule has 1 aromatic rings. The van der Waals surface area contributed by atoms with Crippen molar-refractivity contribution in [2.75, 3.05) is 44.7 Å². The molecule has 1 heterocycles. The van der Waals surface area contributed by atoms with Crippen LogP contribution in [0.3, 0.4) is 0 Å². The smallest absolute Gasteiger partial charge is 0.315 e. The van der Waals surface area contributed by atoms with E-state index in [1.807, 2.05) is 0 Å². The first-order valence-electron chi connectivity index (χ1n) is 5.55. The Hall–Kier alpha value is -0.850. The maximum atomic E-state index is 5.56. The van der Waals surface area contributed by atoms with Gasteiger partial charge in [-0.15, -0.1) is 16.7 Å². The zero-order valence-corrected chi connectivity index (χ0v) is 10.7. The van der Waals surface area contributed by atoms with E-state index in [-0.39, 0.29) is 0 Å². The molecule has 6 nitrogen and oxygen atoms in total. The molecule has 1 rings (SSSR count). The molecule has 0 aromatic carbocycles. The molecular formula is C10H18ClN3O3. The first-order valence-corrected chi connectivity index (χ1v) is 6.09. The van der Waals surface area contributed by atoms with E-state index in [4.69, 9.17) is 25.5 Å². The number of hydrogen-bond acceptors (Lipinski definition) is 6. The molecule has 7 heteroatoms. The fourth-order valence-electron chi connectivity index (χ4n) is 1.12. The maximum Gasteiger partial charge on any atom is 0.315 e. The standard InChI is InChI=1S/C10H18ClN3O3/c1-15-7-8-16-6-2-5-12-10-14-13-9(17-10)3-4-11/h2-8H2,1H3,(H,12,14). The Morgan fingerprint density at radius 1 is 1.29 bits per heavy atom. The van der Waals surface area contributed by atoms with Gasteiger partial charge in [-0.05, 0) is 6.42 Å². The molecule has 1 N–H and O–H groups in total. The number of anilines is 1. The van der Waals surface area contributed by atoms with E-state index in [2.05, 4.69) is 15.5 Å². The van der Waals surface area contributed by atoms with E-state index < -0.39 is 0 Å². The number of halogens is 1. The Balaban J connectivity index is 2.01. The number of alkyl halides is 1. The predicted octanol–water partition coefficient (Wildman–Crippen LogP) is 1.32. The van der Waals surface area contributed by atoms with Gasteiger partial charge in [-0.3, -0.25) is 0 Å². The van der Waals surface area contributed by atoms with Gasteiger partial charge in [0.1, 0.15) is 0 Å². The third kappa shape index (κ3) is 6.45. The van der Waals surface area contributed by atoms with Crippen LogP contribution in [-0.2, 0) is 15.9 Å². The highest BCUT2D eigenvalue weighted by Gasteiger charge is 2.03. The summed E-state index contributed by atoms with van der Waals surface area (Å²) in [4.78, 5) is 0. The average Bonchev–Trinajstić information content (AvgIpc) is 2.76. The van der Waals surface area contributed by atoms with Crippen molar-refractivity contribution < 1.29 is 13.9 Å². The average molecular weight is 264 g/mol. The topological polar surface area (TPSA) is 69.4 Å². The minimum Gasteiger partial charge on any atom is -0.408 e. The lowest BCUT2D eigenvalue weighted by Gasteiger charge is -2.03. The van der Waals surface area contributed by atoms with Crippen molar-refractivity contribution in [1.29, 1.82) is 0 Å². The van der Waals surface area contributed by atoms with Gasteiger partial charge in [-0.25, -0.2) is 0 Å². The summed E-state index contributed by atoms with van der Waals surface area (Å²) in [6, 6.07) is 0.432. The van der Waals surface area contributed by atoms with E-state index in [0.29, 0.717) is 44.0 Å². The lowest BCUT2D eigenvalue weighted by atomic mass is 10.4. The summed E-state index contributed by atoms with van der Waals surface area (Å²) < 4.78 is 15.5. The summed E-state index contributed by atoms with van der Waals surface area (Å²) >= 11 is 5.56. The summed E-state index contributed by atoms with van der Waals surface area (Å²) in [5.74, 6) is 1.04. The summed E-state index contributed by atoms with van der Waals surface area (Å²) in [6.07, 6.45) is 1.47. The number of nitrogens with zero attached hydrogens (tertiary/aromatic N) is 2. The Morgan fingerprint density at radius 3 is 2.94 bits per heavy atom. The molecule has 98 valence electrons. The van der Waals surface area contributed by atoms with Crippen LogP contribution in [0.15, 0.2) is 4.42 Å². The first-order chi connectivity index (χ1) is 8.36. The lowest BCUT2D eigenvalue weighted by Crippen LogP contribution is -2.08. The number of nitrogens with one attached hydrogen (secondary N) is 1. The number of hydrogen-bond donors (Lipinski definition) is 1. The van der Waals surface area contributed by atoms with Crippen LogP contribution >= 0.6 is 11.6 Å². The van der Waals surface area contributed by atoms with Gasteiger partial charge in [0.15, 0.2) is 0 Å². The van der Waals surface area contributed by atoms with Gasteiger partial charge < -0.3 is 19.2 Å². The maximum absolute atomic E-state index is 5.56. The molecule has 0 aliphatic carbocycles. The van der Waals surface area contributed by atoms with E-state index in [1.54, 1.807) is 7.11 Å². The van der Waals surface area contributed by atoms with Crippen LogP contribution in [0.1, 0.15) is 12.3 Å². The van der Waals surface area contributed by atoms with Gasteiger partial charge in [0.2, 0.25) is 5.89 Å². The largest absolute Gasteiger partial charge is 0.408 e. The number of methoxy groups -OCH3 is 1. The second kappa shape index (κ2) is 9.21. The number of aryl methyl sites for hydroxylation is 1.